The van der Waals surface area contributed by atoms with Crippen molar-refractivity contribution in [2.45, 2.75) is 103 Å². The highest BCUT2D eigenvalue weighted by atomic mass is 16.5. The molecule has 4 rings (SSSR count). The summed E-state index contributed by atoms with van der Waals surface area (Å²) in [6, 6.07) is 0. The molecule has 4 aliphatic rings. The molecule has 33 heavy (non-hydrogen) atoms. The van der Waals surface area contributed by atoms with Crippen LogP contribution in [0.15, 0.2) is 0 Å². The molecule has 2 heterocycles. The molecule has 188 valence electrons. The van der Waals surface area contributed by atoms with Crippen molar-refractivity contribution in [3.05, 3.63) is 0 Å². The van der Waals surface area contributed by atoms with Crippen molar-refractivity contribution < 1.29 is 19.1 Å². The van der Waals surface area contributed by atoms with Gasteiger partial charge in [0.25, 0.3) is 0 Å². The zero-order valence-electron chi connectivity index (χ0n) is 20.9. The van der Waals surface area contributed by atoms with Gasteiger partial charge in [0.15, 0.2) is 0 Å². The van der Waals surface area contributed by atoms with E-state index in [0.29, 0.717) is 24.9 Å². The molecule has 0 N–H and O–H groups in total. The number of carbonyl (C=O) groups is 3. The highest BCUT2D eigenvalue weighted by molar-refractivity contribution is 5.98. The van der Waals surface area contributed by atoms with Crippen LogP contribution in [0.3, 0.4) is 0 Å². The number of piperidine rings is 2. The van der Waals surface area contributed by atoms with Crippen molar-refractivity contribution in [1.82, 2.24) is 9.80 Å². The number of likely N-dealkylation sites (tertiary alicyclic amines) is 2. The first-order valence-corrected chi connectivity index (χ1v) is 13.8. The molecule has 4 fully saturated rings. The topological polar surface area (TPSA) is 66.9 Å². The number of hydrogen-bond donors (Lipinski definition) is 0. The highest BCUT2D eigenvalue weighted by Gasteiger charge is 2.36. The van der Waals surface area contributed by atoms with Gasteiger partial charge < -0.3 is 14.5 Å². The minimum absolute atomic E-state index is 0.00438. The molecule has 6 nitrogen and oxygen atoms in total. The second-order valence-corrected chi connectivity index (χ2v) is 10.5. The molecule has 2 saturated heterocycles. The molecule has 0 radical (unpaired) electrons. The molecule has 0 aromatic rings. The number of esters is 1. The van der Waals surface area contributed by atoms with Gasteiger partial charge in [0.05, 0.1) is 6.61 Å². The quantitative estimate of drug-likeness (QED) is 0.414. The molecular weight excluding hydrogens is 416 g/mol. The van der Waals surface area contributed by atoms with Gasteiger partial charge in [-0.05, 0) is 70.1 Å². The third-order valence-electron chi connectivity index (χ3n) is 7.93. The van der Waals surface area contributed by atoms with Crippen molar-refractivity contribution in [1.29, 1.82) is 0 Å². The Bertz CT molecular complexity index is 626. The Morgan fingerprint density at radius 3 is 1.91 bits per heavy atom. The predicted molar refractivity (Wildman–Crippen MR) is 130 cm³/mol. The summed E-state index contributed by atoms with van der Waals surface area (Å²) in [7, 11) is 0. The van der Waals surface area contributed by atoms with E-state index in [1.807, 2.05) is 4.90 Å². The average molecular weight is 463 g/mol. The van der Waals surface area contributed by atoms with Crippen molar-refractivity contribution in [3.63, 3.8) is 0 Å². The Morgan fingerprint density at radius 1 is 0.758 bits per heavy atom. The molecule has 2 aliphatic heterocycles. The standard InChI is InChI=1S/C15H25NO3.C12H21NO/c1-2-19-15(18)13-9-6-10-16(14(13)17)11-12-7-4-3-5-8-12;14-12-8-4-5-9-13(12)10-11-6-2-1-3-7-11/h12-13H,2-11H2,1H3;11H,1-10H2. The lowest BCUT2D eigenvalue weighted by molar-refractivity contribution is -0.158. The van der Waals surface area contributed by atoms with Gasteiger partial charge in [0.2, 0.25) is 11.8 Å². The number of carbonyl (C=O) groups excluding carboxylic acids is 3. The Kier molecular flexibility index (Phi) is 11.0. The first-order valence-electron chi connectivity index (χ1n) is 13.8. The highest BCUT2D eigenvalue weighted by Crippen LogP contribution is 2.28. The van der Waals surface area contributed by atoms with Crippen LogP contribution in [-0.2, 0) is 19.1 Å². The molecule has 0 aromatic heterocycles. The van der Waals surface area contributed by atoms with Crippen LogP contribution < -0.4 is 0 Å². The maximum atomic E-state index is 12.3. The normalized spacial score (nSPS) is 25.4. The summed E-state index contributed by atoms with van der Waals surface area (Å²) >= 11 is 0. The van der Waals surface area contributed by atoms with Crippen LogP contribution in [0.25, 0.3) is 0 Å². The van der Waals surface area contributed by atoms with E-state index in [-0.39, 0.29) is 11.9 Å². The lowest BCUT2D eigenvalue weighted by atomic mass is 9.87. The second-order valence-electron chi connectivity index (χ2n) is 10.5. The summed E-state index contributed by atoms with van der Waals surface area (Å²) in [6.45, 7) is 5.87. The molecule has 2 aliphatic carbocycles. The first-order chi connectivity index (χ1) is 16.1. The van der Waals surface area contributed by atoms with E-state index >= 15 is 0 Å². The smallest absolute Gasteiger partial charge is 0.318 e. The van der Waals surface area contributed by atoms with Gasteiger partial charge in [-0.1, -0.05) is 38.5 Å². The summed E-state index contributed by atoms with van der Waals surface area (Å²) in [5.74, 6) is 0.972. The monoisotopic (exact) mass is 462 g/mol. The minimum atomic E-state index is -0.544. The van der Waals surface area contributed by atoms with Gasteiger partial charge >= 0.3 is 5.97 Å². The summed E-state index contributed by atoms with van der Waals surface area (Å²) in [4.78, 5) is 39.7. The number of amides is 2. The van der Waals surface area contributed by atoms with Gasteiger partial charge in [-0.2, -0.15) is 0 Å². The predicted octanol–water partition coefficient (Wildman–Crippen LogP) is 4.95. The lowest BCUT2D eigenvalue weighted by Crippen LogP contribution is -2.46. The fourth-order valence-electron chi connectivity index (χ4n) is 6.00. The average Bonchev–Trinajstić information content (AvgIpc) is 2.84. The summed E-state index contributed by atoms with van der Waals surface area (Å²) in [5, 5.41) is 0. The van der Waals surface area contributed by atoms with E-state index in [1.165, 1.54) is 70.6 Å². The largest absolute Gasteiger partial charge is 0.465 e. The summed E-state index contributed by atoms with van der Waals surface area (Å²) in [6.07, 6.45) is 17.9. The first kappa shape index (κ1) is 26.0. The molecule has 2 amide bonds. The van der Waals surface area contributed by atoms with Crippen LogP contribution in [0.4, 0.5) is 0 Å². The SMILES string of the molecule is CCOC(=O)C1CCCN(CC2CCCCC2)C1=O.O=C1CCCCN1CC1CCCCC1. The van der Waals surface area contributed by atoms with Crippen molar-refractivity contribution in [2.75, 3.05) is 32.8 Å². The zero-order chi connectivity index (χ0) is 23.5. The van der Waals surface area contributed by atoms with Gasteiger partial charge in [-0.3, -0.25) is 14.4 Å². The molecule has 1 atom stereocenters. The molecule has 2 saturated carbocycles. The Morgan fingerprint density at radius 2 is 1.33 bits per heavy atom. The molecule has 0 aromatic carbocycles. The van der Waals surface area contributed by atoms with Gasteiger partial charge in [0.1, 0.15) is 5.92 Å². The molecule has 1 unspecified atom stereocenters. The van der Waals surface area contributed by atoms with E-state index in [0.717, 1.165) is 51.4 Å². The van der Waals surface area contributed by atoms with Crippen LogP contribution in [0.2, 0.25) is 0 Å². The van der Waals surface area contributed by atoms with E-state index in [2.05, 4.69) is 4.90 Å². The summed E-state index contributed by atoms with van der Waals surface area (Å²) in [5.41, 5.74) is 0. The third kappa shape index (κ3) is 8.29. The van der Waals surface area contributed by atoms with E-state index in [1.54, 1.807) is 6.92 Å². The van der Waals surface area contributed by atoms with Gasteiger partial charge in [-0.15, -0.1) is 0 Å². The Hall–Kier alpha value is -1.59. The van der Waals surface area contributed by atoms with Crippen molar-refractivity contribution in [3.8, 4) is 0 Å². The lowest BCUT2D eigenvalue weighted by Gasteiger charge is -2.35. The third-order valence-corrected chi connectivity index (χ3v) is 7.93. The van der Waals surface area contributed by atoms with E-state index in [9.17, 15) is 14.4 Å². The van der Waals surface area contributed by atoms with Crippen LogP contribution in [0.1, 0.15) is 103 Å². The molecule has 0 spiro atoms. The number of ether oxygens (including phenoxy) is 1. The van der Waals surface area contributed by atoms with E-state index < -0.39 is 5.92 Å². The maximum Gasteiger partial charge on any atom is 0.318 e. The van der Waals surface area contributed by atoms with Gasteiger partial charge in [-0.25, -0.2) is 0 Å². The van der Waals surface area contributed by atoms with Crippen molar-refractivity contribution >= 4 is 17.8 Å². The van der Waals surface area contributed by atoms with Gasteiger partial charge in [0, 0.05) is 32.6 Å². The maximum absolute atomic E-state index is 12.3. The van der Waals surface area contributed by atoms with Crippen LogP contribution in [-0.4, -0.2) is 60.4 Å². The van der Waals surface area contributed by atoms with Crippen LogP contribution >= 0.6 is 0 Å². The Labute approximate surface area is 200 Å². The Balaban J connectivity index is 0.000000194. The van der Waals surface area contributed by atoms with Crippen LogP contribution in [0, 0.1) is 17.8 Å². The van der Waals surface area contributed by atoms with Crippen molar-refractivity contribution in [2.24, 2.45) is 17.8 Å². The number of hydrogen-bond acceptors (Lipinski definition) is 4. The zero-order valence-corrected chi connectivity index (χ0v) is 20.9. The number of nitrogens with zero attached hydrogens (tertiary/aromatic N) is 2. The summed E-state index contributed by atoms with van der Waals surface area (Å²) < 4.78 is 5.00. The minimum Gasteiger partial charge on any atom is -0.465 e. The van der Waals surface area contributed by atoms with Crippen LogP contribution in [0.5, 0.6) is 0 Å². The fraction of sp³-hybridized carbons (Fsp3) is 0.889. The number of rotatable bonds is 6. The fourth-order valence-corrected chi connectivity index (χ4v) is 6.00. The molecule has 0 bridgehead atoms. The van der Waals surface area contributed by atoms with E-state index in [4.69, 9.17) is 4.74 Å². The molecule has 6 heteroatoms. The molecular formula is C27H46N2O4. The second kappa shape index (κ2) is 14.0.